The van der Waals surface area contributed by atoms with Crippen molar-refractivity contribution < 1.29 is 0 Å². The van der Waals surface area contributed by atoms with Gasteiger partial charge in [0.05, 0.1) is 6.04 Å². The average Bonchev–Trinajstić information content (AvgIpc) is 2.11. The second-order valence-corrected chi connectivity index (χ2v) is 5.98. The molecule has 2 heteroatoms. The molecule has 0 radical (unpaired) electrons. The molecule has 0 aliphatic rings. The van der Waals surface area contributed by atoms with E-state index in [2.05, 4.69) is 65.7 Å². The Morgan fingerprint density at radius 1 is 1.00 bits per heavy atom. The van der Waals surface area contributed by atoms with Gasteiger partial charge in [0.2, 0.25) is 0 Å². The highest BCUT2D eigenvalue weighted by Crippen LogP contribution is 2.31. The molecule has 2 N–H and O–H groups in total. The van der Waals surface area contributed by atoms with Gasteiger partial charge in [-0.3, -0.25) is 0 Å². The minimum atomic E-state index is -0.254. The predicted molar refractivity (Wildman–Crippen MR) is 75.3 cm³/mol. The molecule has 1 aromatic carbocycles. The molecule has 0 saturated heterocycles. The van der Waals surface area contributed by atoms with Crippen LogP contribution in [0.1, 0.15) is 42.1 Å². The lowest BCUT2D eigenvalue weighted by Crippen LogP contribution is -2.46. The minimum absolute atomic E-state index is 0.238. The summed E-state index contributed by atoms with van der Waals surface area (Å²) in [7, 11) is 4.18. The lowest BCUT2D eigenvalue weighted by Gasteiger charge is -2.37. The topological polar surface area (TPSA) is 29.3 Å². The molecule has 0 saturated carbocycles. The quantitative estimate of drug-likeness (QED) is 0.871. The van der Waals surface area contributed by atoms with E-state index in [9.17, 15) is 0 Å². The van der Waals surface area contributed by atoms with Gasteiger partial charge in [-0.2, -0.15) is 0 Å². The molecule has 1 aromatic rings. The molecule has 0 aliphatic heterocycles. The van der Waals surface area contributed by atoms with E-state index < -0.39 is 0 Å². The van der Waals surface area contributed by atoms with Crippen LogP contribution in [-0.4, -0.2) is 24.5 Å². The Morgan fingerprint density at radius 2 is 1.47 bits per heavy atom. The van der Waals surface area contributed by atoms with E-state index >= 15 is 0 Å². The fourth-order valence-electron chi connectivity index (χ4n) is 2.62. The number of nitrogens with two attached hydrogens (primary N) is 1. The first-order valence-corrected chi connectivity index (χ1v) is 6.17. The molecule has 1 rings (SSSR count). The third kappa shape index (κ3) is 3.08. The second kappa shape index (κ2) is 4.79. The van der Waals surface area contributed by atoms with E-state index in [0.29, 0.717) is 0 Å². The fraction of sp³-hybridized carbons (Fsp3) is 0.600. The van der Waals surface area contributed by atoms with E-state index in [1.807, 2.05) is 0 Å². The van der Waals surface area contributed by atoms with Crippen molar-refractivity contribution in [2.75, 3.05) is 14.1 Å². The summed E-state index contributed by atoms with van der Waals surface area (Å²) in [4.78, 5) is 2.21. The van der Waals surface area contributed by atoms with Gasteiger partial charge in [-0.15, -0.1) is 0 Å². The molecule has 0 spiro atoms. The summed E-state index contributed by atoms with van der Waals surface area (Å²) >= 11 is 0. The molecule has 0 aliphatic carbocycles. The van der Waals surface area contributed by atoms with Crippen molar-refractivity contribution in [2.24, 2.45) is 5.73 Å². The molecule has 0 fully saturated rings. The molecule has 0 heterocycles. The highest BCUT2D eigenvalue weighted by molar-refractivity contribution is 5.39. The highest BCUT2D eigenvalue weighted by atomic mass is 15.1. The molecular weight excluding hydrogens is 208 g/mol. The Hall–Kier alpha value is -0.860. The monoisotopic (exact) mass is 234 g/mol. The first kappa shape index (κ1) is 14.2. The lowest BCUT2D eigenvalue weighted by molar-refractivity contribution is 0.204. The Labute approximate surface area is 106 Å². The molecular formula is C15H26N2. The maximum Gasteiger partial charge on any atom is 0.0520 e. The largest absolute Gasteiger partial charge is 0.324 e. The SMILES string of the molecule is Cc1cc(C)c(C(N(C)C)C(C)(C)N)cc1C. The van der Waals surface area contributed by atoms with Crippen LogP contribution in [0.4, 0.5) is 0 Å². The van der Waals surface area contributed by atoms with E-state index in [0.717, 1.165) is 0 Å². The van der Waals surface area contributed by atoms with Gasteiger partial charge in [0.1, 0.15) is 0 Å². The Morgan fingerprint density at radius 3 is 1.88 bits per heavy atom. The van der Waals surface area contributed by atoms with E-state index in [-0.39, 0.29) is 11.6 Å². The molecule has 2 nitrogen and oxygen atoms in total. The smallest absolute Gasteiger partial charge is 0.0520 e. The van der Waals surface area contributed by atoms with Crippen LogP contribution in [-0.2, 0) is 0 Å². The number of aryl methyl sites for hydroxylation is 3. The highest BCUT2D eigenvalue weighted by Gasteiger charge is 2.29. The number of rotatable bonds is 3. The van der Waals surface area contributed by atoms with Crippen LogP contribution in [0.15, 0.2) is 12.1 Å². The van der Waals surface area contributed by atoms with Gasteiger partial charge in [0.15, 0.2) is 0 Å². The van der Waals surface area contributed by atoms with Crippen molar-refractivity contribution in [3.8, 4) is 0 Å². The molecule has 1 atom stereocenters. The summed E-state index contributed by atoms with van der Waals surface area (Å²) in [5.41, 5.74) is 11.4. The maximum atomic E-state index is 6.33. The zero-order valence-corrected chi connectivity index (χ0v) is 12.3. The summed E-state index contributed by atoms with van der Waals surface area (Å²) in [6, 6.07) is 4.78. The van der Waals surface area contributed by atoms with Crippen LogP contribution in [0.25, 0.3) is 0 Å². The van der Waals surface area contributed by atoms with Crippen molar-refractivity contribution in [1.29, 1.82) is 0 Å². The Balaban J connectivity index is 3.34. The van der Waals surface area contributed by atoms with Gasteiger partial charge in [0, 0.05) is 5.54 Å². The first-order valence-electron chi connectivity index (χ1n) is 6.17. The molecule has 0 aromatic heterocycles. The number of likely N-dealkylation sites (N-methyl/N-ethyl adjacent to an activating group) is 1. The summed E-state index contributed by atoms with van der Waals surface area (Å²) < 4.78 is 0. The van der Waals surface area contributed by atoms with Crippen molar-refractivity contribution in [2.45, 2.75) is 46.2 Å². The van der Waals surface area contributed by atoms with Gasteiger partial charge in [-0.25, -0.2) is 0 Å². The van der Waals surface area contributed by atoms with Crippen LogP contribution in [0, 0.1) is 20.8 Å². The second-order valence-electron chi connectivity index (χ2n) is 5.98. The zero-order valence-electron chi connectivity index (χ0n) is 12.3. The Kier molecular flexibility index (Phi) is 4.00. The predicted octanol–water partition coefficient (Wildman–Crippen LogP) is 2.95. The van der Waals surface area contributed by atoms with Gasteiger partial charge >= 0.3 is 0 Å². The van der Waals surface area contributed by atoms with Gasteiger partial charge in [-0.05, 0) is 71.0 Å². The number of benzene rings is 1. The van der Waals surface area contributed by atoms with Crippen LogP contribution in [0.5, 0.6) is 0 Å². The third-order valence-corrected chi connectivity index (χ3v) is 3.40. The van der Waals surface area contributed by atoms with E-state index in [4.69, 9.17) is 5.73 Å². The fourth-order valence-corrected chi connectivity index (χ4v) is 2.62. The first-order chi connectivity index (χ1) is 7.64. The van der Waals surface area contributed by atoms with E-state index in [1.54, 1.807) is 0 Å². The zero-order chi connectivity index (χ0) is 13.4. The van der Waals surface area contributed by atoms with Crippen molar-refractivity contribution in [1.82, 2.24) is 4.90 Å². The van der Waals surface area contributed by atoms with Crippen molar-refractivity contribution in [3.05, 3.63) is 34.4 Å². The number of nitrogens with zero attached hydrogens (tertiary/aromatic N) is 1. The normalized spacial score (nSPS) is 14.2. The lowest BCUT2D eigenvalue weighted by atomic mass is 9.85. The summed E-state index contributed by atoms with van der Waals surface area (Å²) in [6.07, 6.45) is 0. The van der Waals surface area contributed by atoms with E-state index in [1.165, 1.54) is 22.3 Å². The van der Waals surface area contributed by atoms with Crippen molar-refractivity contribution >= 4 is 0 Å². The van der Waals surface area contributed by atoms with Crippen LogP contribution >= 0.6 is 0 Å². The molecule has 1 unspecified atom stereocenters. The Bertz CT molecular complexity index is 400. The third-order valence-electron chi connectivity index (χ3n) is 3.40. The number of hydrogen-bond acceptors (Lipinski definition) is 2. The van der Waals surface area contributed by atoms with Gasteiger partial charge in [0.25, 0.3) is 0 Å². The molecule has 0 bridgehead atoms. The van der Waals surface area contributed by atoms with Gasteiger partial charge < -0.3 is 10.6 Å². The molecule has 96 valence electrons. The summed E-state index contributed by atoms with van der Waals surface area (Å²) in [6.45, 7) is 10.7. The van der Waals surface area contributed by atoms with Crippen LogP contribution < -0.4 is 5.73 Å². The average molecular weight is 234 g/mol. The van der Waals surface area contributed by atoms with Crippen LogP contribution in [0.3, 0.4) is 0 Å². The standard InChI is InChI=1S/C15H26N2/c1-10-8-12(3)13(9-11(10)2)14(17(6)7)15(4,5)16/h8-9,14H,16H2,1-7H3. The van der Waals surface area contributed by atoms with Crippen LogP contribution in [0.2, 0.25) is 0 Å². The molecule has 0 amide bonds. The maximum absolute atomic E-state index is 6.33. The van der Waals surface area contributed by atoms with Crippen molar-refractivity contribution in [3.63, 3.8) is 0 Å². The molecule has 17 heavy (non-hydrogen) atoms. The summed E-state index contributed by atoms with van der Waals surface area (Å²) in [5, 5.41) is 0. The van der Waals surface area contributed by atoms with Gasteiger partial charge in [-0.1, -0.05) is 12.1 Å². The number of hydrogen-bond donors (Lipinski definition) is 1. The summed E-state index contributed by atoms with van der Waals surface area (Å²) in [5.74, 6) is 0. The minimum Gasteiger partial charge on any atom is -0.324 e.